The summed E-state index contributed by atoms with van der Waals surface area (Å²) < 4.78 is 12.9. The van der Waals surface area contributed by atoms with Gasteiger partial charge in [-0.2, -0.15) is 0 Å². The zero-order chi connectivity index (χ0) is 27.2. The average molecular weight is 540 g/mol. The van der Waals surface area contributed by atoms with E-state index in [1.54, 1.807) is 20.3 Å². The van der Waals surface area contributed by atoms with Crippen LogP contribution in [0.15, 0.2) is 46.6 Å². The van der Waals surface area contributed by atoms with Gasteiger partial charge in [0.1, 0.15) is 17.1 Å². The zero-order valence-electron chi connectivity index (χ0n) is 22.3. The number of aromatic nitrogens is 2. The van der Waals surface area contributed by atoms with Crippen LogP contribution in [0, 0.1) is 5.41 Å². The fourth-order valence-electron chi connectivity index (χ4n) is 5.13. The molecule has 12 heteroatoms. The standard InChI is InChI=1S/C26H34ClN9O2/c1-25(2,3)26(32-23(28)31-24(29)33-26)36-10-8-34(9-11-36)16-6-7-35-15-19(30-22(35)12-16)17-13-18(27)21(38-5)14-20(17)37-4/h6-7,12-15H,8-11H2,1-5H3,(H5,28,29,31,32,33). The molecule has 1 saturated heterocycles. The monoisotopic (exact) mass is 539 g/mol. The number of piperazine rings is 1. The molecule has 1 aromatic carbocycles. The highest BCUT2D eigenvalue weighted by Crippen LogP contribution is 2.41. The lowest BCUT2D eigenvalue weighted by atomic mass is 9.85. The van der Waals surface area contributed by atoms with Gasteiger partial charge in [0.15, 0.2) is 11.9 Å². The Balaban J connectivity index is 1.39. The Morgan fingerprint density at radius 1 is 0.974 bits per heavy atom. The average Bonchev–Trinajstić information content (AvgIpc) is 3.30. The fourth-order valence-corrected chi connectivity index (χ4v) is 5.37. The normalized spacial score (nSPS) is 18.1. The van der Waals surface area contributed by atoms with Gasteiger partial charge in [-0.05, 0) is 12.1 Å². The molecule has 0 saturated carbocycles. The summed E-state index contributed by atoms with van der Waals surface area (Å²) in [6.07, 6.45) is 3.98. The van der Waals surface area contributed by atoms with Crippen molar-refractivity contribution in [1.29, 1.82) is 0 Å². The minimum absolute atomic E-state index is 0.283. The van der Waals surface area contributed by atoms with Gasteiger partial charge in [0.2, 0.25) is 5.79 Å². The number of hydrogen-bond acceptors (Lipinski definition) is 10. The molecule has 0 aliphatic carbocycles. The Bertz CT molecular complexity index is 1400. The van der Waals surface area contributed by atoms with Crippen molar-refractivity contribution in [3.63, 3.8) is 0 Å². The van der Waals surface area contributed by atoms with Gasteiger partial charge in [-0.1, -0.05) is 32.4 Å². The minimum atomic E-state index is -0.862. The van der Waals surface area contributed by atoms with Crippen molar-refractivity contribution in [3.8, 4) is 22.8 Å². The molecule has 2 aliphatic heterocycles. The quantitative estimate of drug-likeness (QED) is 0.451. The molecule has 3 aromatic rings. The maximum Gasteiger partial charge on any atom is 0.219 e. The topological polar surface area (TPSA) is 131 Å². The number of anilines is 1. The first-order chi connectivity index (χ1) is 18.0. The Kier molecular flexibility index (Phi) is 6.52. The van der Waals surface area contributed by atoms with Gasteiger partial charge < -0.3 is 30.2 Å². The second-order valence-corrected chi connectivity index (χ2v) is 10.8. The van der Waals surface area contributed by atoms with Crippen LogP contribution >= 0.6 is 11.6 Å². The van der Waals surface area contributed by atoms with E-state index in [0.717, 1.165) is 48.8 Å². The van der Waals surface area contributed by atoms with Crippen LogP contribution in [-0.4, -0.2) is 72.4 Å². The second-order valence-electron chi connectivity index (χ2n) is 10.4. The Labute approximate surface area is 227 Å². The molecular formula is C26H34ClN9O2. The van der Waals surface area contributed by atoms with Crippen LogP contribution in [0.2, 0.25) is 5.02 Å². The molecule has 38 heavy (non-hydrogen) atoms. The summed E-state index contributed by atoms with van der Waals surface area (Å²) in [5, 5.41) is 3.31. The highest BCUT2D eigenvalue weighted by Gasteiger charge is 2.49. The first kappa shape index (κ1) is 25.9. The minimum Gasteiger partial charge on any atom is -0.496 e. The van der Waals surface area contributed by atoms with Crippen molar-refractivity contribution in [2.24, 2.45) is 26.9 Å². The number of nitrogens with one attached hydrogen (secondary N) is 1. The largest absolute Gasteiger partial charge is 0.496 e. The number of pyridine rings is 1. The van der Waals surface area contributed by atoms with Gasteiger partial charge >= 0.3 is 0 Å². The van der Waals surface area contributed by atoms with Crippen molar-refractivity contribution in [1.82, 2.24) is 19.6 Å². The number of nitrogens with zero attached hydrogens (tertiary/aromatic N) is 6. The molecule has 5 N–H and O–H groups in total. The molecule has 202 valence electrons. The summed E-state index contributed by atoms with van der Waals surface area (Å²) in [5.74, 6) is 0.898. The Morgan fingerprint density at radius 2 is 1.63 bits per heavy atom. The molecule has 5 rings (SSSR count). The number of imidazole rings is 1. The van der Waals surface area contributed by atoms with E-state index in [1.807, 2.05) is 22.9 Å². The van der Waals surface area contributed by atoms with E-state index in [1.165, 1.54) is 0 Å². The van der Waals surface area contributed by atoms with Gasteiger partial charge in [0, 0.05) is 67.4 Å². The maximum absolute atomic E-state index is 6.40. The van der Waals surface area contributed by atoms with Gasteiger partial charge in [0.25, 0.3) is 0 Å². The first-order valence-corrected chi connectivity index (χ1v) is 12.8. The van der Waals surface area contributed by atoms with Crippen molar-refractivity contribution in [3.05, 3.63) is 41.7 Å². The van der Waals surface area contributed by atoms with Gasteiger partial charge in [-0.15, -0.1) is 0 Å². The van der Waals surface area contributed by atoms with Crippen molar-refractivity contribution in [2.75, 3.05) is 45.3 Å². The van der Waals surface area contributed by atoms with Crippen LogP contribution in [0.25, 0.3) is 16.9 Å². The maximum atomic E-state index is 6.40. The SMILES string of the molecule is COc1cc(OC)c(-c2cn3ccc(N4CCN(C5(C(C)(C)C)N=C(N)NC(N)=N5)CC4)cc3n2)cc1Cl. The molecule has 4 heterocycles. The lowest BCUT2D eigenvalue weighted by Gasteiger charge is -2.50. The van der Waals surface area contributed by atoms with E-state index < -0.39 is 5.79 Å². The number of rotatable bonds is 5. The third kappa shape index (κ3) is 4.45. The van der Waals surface area contributed by atoms with E-state index >= 15 is 0 Å². The van der Waals surface area contributed by atoms with Crippen LogP contribution in [0.1, 0.15) is 20.8 Å². The van der Waals surface area contributed by atoms with Gasteiger partial charge in [-0.3, -0.25) is 10.2 Å². The molecule has 0 unspecified atom stereocenters. The molecule has 0 spiro atoms. The Hall–Kier alpha value is -3.70. The number of ether oxygens (including phenoxy) is 2. The second kappa shape index (κ2) is 9.55. The van der Waals surface area contributed by atoms with Crippen molar-refractivity contribution >= 4 is 34.9 Å². The summed E-state index contributed by atoms with van der Waals surface area (Å²) >= 11 is 6.40. The Morgan fingerprint density at radius 3 is 2.24 bits per heavy atom. The van der Waals surface area contributed by atoms with Crippen LogP contribution in [0.5, 0.6) is 11.5 Å². The summed E-state index contributed by atoms with van der Waals surface area (Å²) in [7, 11) is 3.19. The molecular weight excluding hydrogens is 506 g/mol. The number of hydrogen-bond donors (Lipinski definition) is 3. The number of halogens is 1. The number of guanidine groups is 2. The third-order valence-electron chi connectivity index (χ3n) is 7.09. The fraction of sp³-hybridized carbons (Fsp3) is 0.423. The van der Waals surface area contributed by atoms with E-state index in [0.29, 0.717) is 16.5 Å². The molecule has 0 radical (unpaired) electrons. The van der Waals surface area contributed by atoms with Crippen LogP contribution in [0.3, 0.4) is 0 Å². The van der Waals surface area contributed by atoms with Crippen LogP contribution in [0.4, 0.5) is 5.69 Å². The summed E-state index contributed by atoms with van der Waals surface area (Å²) in [4.78, 5) is 19.0. The molecule has 2 aromatic heterocycles. The van der Waals surface area contributed by atoms with E-state index in [9.17, 15) is 0 Å². The lowest BCUT2D eigenvalue weighted by molar-refractivity contribution is -0.000302. The highest BCUT2D eigenvalue weighted by atomic mass is 35.5. The lowest BCUT2D eigenvalue weighted by Crippen LogP contribution is -2.65. The van der Waals surface area contributed by atoms with E-state index in [-0.39, 0.29) is 17.3 Å². The summed E-state index contributed by atoms with van der Waals surface area (Å²) in [5.41, 5.74) is 15.3. The van der Waals surface area contributed by atoms with E-state index in [4.69, 9.17) is 47.5 Å². The van der Waals surface area contributed by atoms with Crippen LogP contribution < -0.4 is 31.2 Å². The molecule has 1 fully saturated rings. The predicted molar refractivity (Wildman–Crippen MR) is 151 cm³/mol. The predicted octanol–water partition coefficient (Wildman–Crippen LogP) is 2.73. The third-order valence-corrected chi connectivity index (χ3v) is 7.39. The van der Waals surface area contributed by atoms with Gasteiger partial charge in [-0.25, -0.2) is 15.0 Å². The number of benzene rings is 1. The molecule has 0 bridgehead atoms. The smallest absolute Gasteiger partial charge is 0.219 e. The summed E-state index contributed by atoms with van der Waals surface area (Å²) in [6, 6.07) is 7.78. The van der Waals surface area contributed by atoms with Gasteiger partial charge in [0.05, 0.1) is 24.9 Å². The number of aliphatic imine (C=N–C) groups is 2. The molecule has 0 atom stereocenters. The van der Waals surface area contributed by atoms with E-state index in [2.05, 4.69) is 48.0 Å². The van der Waals surface area contributed by atoms with Crippen LogP contribution in [-0.2, 0) is 0 Å². The number of nitrogens with two attached hydrogens (primary N) is 2. The summed E-state index contributed by atoms with van der Waals surface area (Å²) in [6.45, 7) is 9.39. The van der Waals surface area contributed by atoms with Crippen molar-refractivity contribution in [2.45, 2.75) is 26.6 Å². The molecule has 2 aliphatic rings. The highest BCUT2D eigenvalue weighted by molar-refractivity contribution is 6.32. The zero-order valence-corrected chi connectivity index (χ0v) is 23.1. The molecule has 11 nitrogen and oxygen atoms in total. The number of fused-ring (bicyclic) bond motifs is 1. The van der Waals surface area contributed by atoms with Crippen molar-refractivity contribution < 1.29 is 9.47 Å². The molecule has 0 amide bonds. The number of methoxy groups -OCH3 is 2. The first-order valence-electron chi connectivity index (χ1n) is 12.4.